The third-order valence-electron chi connectivity index (χ3n) is 3.09. The molecule has 20 heavy (non-hydrogen) atoms. The predicted molar refractivity (Wildman–Crippen MR) is 83.7 cm³/mol. The molecule has 4 N–H and O–H groups in total. The highest BCUT2D eigenvalue weighted by atomic mass is 32.1. The van der Waals surface area contributed by atoms with Crippen molar-refractivity contribution in [3.8, 4) is 0 Å². The van der Waals surface area contributed by atoms with Crippen molar-refractivity contribution in [1.29, 1.82) is 0 Å². The molecule has 0 spiro atoms. The molecule has 2 heterocycles. The Labute approximate surface area is 120 Å². The summed E-state index contributed by atoms with van der Waals surface area (Å²) < 4.78 is 1.03. The second kappa shape index (κ2) is 5.44. The number of nitrogen functional groups attached to an aromatic ring is 1. The van der Waals surface area contributed by atoms with Crippen molar-refractivity contribution in [2.24, 2.45) is 5.84 Å². The molecule has 6 heteroatoms. The Morgan fingerprint density at radius 3 is 2.70 bits per heavy atom. The average molecular weight is 285 g/mol. The average Bonchev–Trinajstić information content (AvgIpc) is 2.96. The molecule has 0 radical (unpaired) electrons. The Bertz CT molecular complexity index is 710. The number of aromatic nitrogens is 2. The van der Waals surface area contributed by atoms with Crippen molar-refractivity contribution in [2.75, 3.05) is 10.7 Å². The number of thiophene rings is 1. The van der Waals surface area contributed by atoms with Gasteiger partial charge in [0.2, 0.25) is 5.95 Å². The zero-order chi connectivity index (χ0) is 13.9. The molecule has 0 amide bonds. The summed E-state index contributed by atoms with van der Waals surface area (Å²) in [4.78, 5) is 8.73. The number of hydrazine groups is 1. The zero-order valence-corrected chi connectivity index (χ0v) is 11.8. The van der Waals surface area contributed by atoms with Crippen LogP contribution in [0.1, 0.15) is 18.5 Å². The second-order valence-corrected chi connectivity index (χ2v) is 5.37. The van der Waals surface area contributed by atoms with Crippen LogP contribution < -0.4 is 16.6 Å². The summed E-state index contributed by atoms with van der Waals surface area (Å²) in [7, 11) is 0. The summed E-state index contributed by atoms with van der Waals surface area (Å²) in [5.41, 5.74) is 4.60. The van der Waals surface area contributed by atoms with Gasteiger partial charge in [-0.25, -0.2) is 10.8 Å². The number of nitrogens with two attached hydrogens (primary N) is 1. The molecule has 1 unspecified atom stereocenters. The topological polar surface area (TPSA) is 75.9 Å². The molecule has 0 bridgehead atoms. The molecule has 0 saturated heterocycles. The molecule has 0 aliphatic rings. The number of fused-ring (bicyclic) bond motifs is 1. The van der Waals surface area contributed by atoms with E-state index in [-0.39, 0.29) is 6.04 Å². The van der Waals surface area contributed by atoms with Gasteiger partial charge in [-0.05, 0) is 23.9 Å². The number of hydrogen-bond acceptors (Lipinski definition) is 6. The molecule has 102 valence electrons. The lowest BCUT2D eigenvalue weighted by atomic mass is 10.1. The minimum Gasteiger partial charge on any atom is -0.362 e. The molecule has 0 fully saturated rings. The molecule has 5 nitrogen and oxygen atoms in total. The maximum absolute atomic E-state index is 5.42. The van der Waals surface area contributed by atoms with Crippen molar-refractivity contribution in [1.82, 2.24) is 9.97 Å². The van der Waals surface area contributed by atoms with Crippen LogP contribution >= 0.6 is 11.3 Å². The van der Waals surface area contributed by atoms with E-state index in [1.54, 1.807) is 11.3 Å². The van der Waals surface area contributed by atoms with Gasteiger partial charge in [-0.15, -0.1) is 11.3 Å². The Morgan fingerprint density at radius 1 is 1.15 bits per heavy atom. The van der Waals surface area contributed by atoms with E-state index in [1.807, 2.05) is 29.6 Å². The first-order valence-electron chi connectivity index (χ1n) is 6.31. The summed E-state index contributed by atoms with van der Waals surface area (Å²) in [5, 5.41) is 5.42. The quantitative estimate of drug-likeness (QED) is 0.507. The van der Waals surface area contributed by atoms with Gasteiger partial charge in [0.15, 0.2) is 0 Å². The van der Waals surface area contributed by atoms with E-state index in [0.717, 1.165) is 16.0 Å². The van der Waals surface area contributed by atoms with Gasteiger partial charge in [-0.2, -0.15) is 4.98 Å². The van der Waals surface area contributed by atoms with Crippen molar-refractivity contribution in [3.63, 3.8) is 0 Å². The van der Waals surface area contributed by atoms with E-state index in [0.29, 0.717) is 5.95 Å². The molecule has 1 aromatic carbocycles. The fourth-order valence-corrected chi connectivity index (χ4v) is 2.84. The number of nitrogens with one attached hydrogen (secondary N) is 2. The predicted octanol–water partition coefficient (Wildman–Crippen LogP) is 3.15. The van der Waals surface area contributed by atoms with Crippen LogP contribution in [0.4, 0.5) is 11.8 Å². The zero-order valence-electron chi connectivity index (χ0n) is 11.0. The van der Waals surface area contributed by atoms with Crippen LogP contribution in [0.25, 0.3) is 10.2 Å². The number of hydrogen-bond donors (Lipinski definition) is 3. The highest BCUT2D eigenvalue weighted by Crippen LogP contribution is 2.29. The van der Waals surface area contributed by atoms with Gasteiger partial charge in [0.05, 0.1) is 10.2 Å². The molecule has 2 aromatic heterocycles. The monoisotopic (exact) mass is 285 g/mol. The molecule has 3 rings (SSSR count). The minimum atomic E-state index is 0.155. The van der Waals surface area contributed by atoms with Gasteiger partial charge in [0.1, 0.15) is 5.82 Å². The summed E-state index contributed by atoms with van der Waals surface area (Å²) in [6, 6.07) is 12.4. The number of benzene rings is 1. The van der Waals surface area contributed by atoms with Crippen molar-refractivity contribution < 1.29 is 0 Å². The van der Waals surface area contributed by atoms with E-state index >= 15 is 0 Å². The maximum Gasteiger partial charge on any atom is 0.239 e. The Balaban J connectivity index is 1.95. The first-order chi connectivity index (χ1) is 9.78. The minimum absolute atomic E-state index is 0.155. The fourth-order valence-electron chi connectivity index (χ4n) is 2.06. The molecule has 0 aliphatic carbocycles. The Kier molecular flexibility index (Phi) is 3.49. The third kappa shape index (κ3) is 2.43. The lowest BCUT2D eigenvalue weighted by Gasteiger charge is -2.15. The molecular weight excluding hydrogens is 270 g/mol. The highest BCUT2D eigenvalue weighted by molar-refractivity contribution is 7.17. The van der Waals surface area contributed by atoms with Crippen LogP contribution in [0.3, 0.4) is 0 Å². The number of nitrogens with zero attached hydrogens (tertiary/aromatic N) is 2. The molecule has 0 saturated carbocycles. The summed E-state index contributed by atoms with van der Waals surface area (Å²) >= 11 is 1.61. The third-order valence-corrected chi connectivity index (χ3v) is 4.00. The Hall–Kier alpha value is -2.18. The largest absolute Gasteiger partial charge is 0.362 e. The van der Waals surface area contributed by atoms with Gasteiger partial charge in [-0.1, -0.05) is 30.3 Å². The summed E-state index contributed by atoms with van der Waals surface area (Å²) in [6.07, 6.45) is 0. The van der Waals surface area contributed by atoms with Crippen molar-refractivity contribution in [3.05, 3.63) is 47.3 Å². The van der Waals surface area contributed by atoms with E-state index in [1.165, 1.54) is 5.56 Å². The smallest absolute Gasteiger partial charge is 0.239 e. The van der Waals surface area contributed by atoms with Gasteiger partial charge in [-0.3, -0.25) is 5.43 Å². The maximum atomic E-state index is 5.42. The van der Waals surface area contributed by atoms with Crippen LogP contribution in [0.5, 0.6) is 0 Å². The van der Waals surface area contributed by atoms with Gasteiger partial charge < -0.3 is 5.32 Å². The van der Waals surface area contributed by atoms with E-state index < -0.39 is 0 Å². The number of rotatable bonds is 4. The molecule has 1 atom stereocenters. The van der Waals surface area contributed by atoms with Crippen LogP contribution in [-0.2, 0) is 0 Å². The highest BCUT2D eigenvalue weighted by Gasteiger charge is 2.12. The number of anilines is 2. The van der Waals surface area contributed by atoms with Crippen LogP contribution in [0.2, 0.25) is 0 Å². The lowest BCUT2D eigenvalue weighted by Crippen LogP contribution is -2.13. The second-order valence-electron chi connectivity index (χ2n) is 4.45. The van der Waals surface area contributed by atoms with Gasteiger partial charge >= 0.3 is 0 Å². The lowest BCUT2D eigenvalue weighted by molar-refractivity contribution is 0.876. The van der Waals surface area contributed by atoms with Crippen molar-refractivity contribution in [2.45, 2.75) is 13.0 Å². The van der Waals surface area contributed by atoms with E-state index in [4.69, 9.17) is 5.84 Å². The molecule has 3 aromatic rings. The summed E-state index contributed by atoms with van der Waals surface area (Å²) in [6.45, 7) is 2.10. The fraction of sp³-hybridized carbons (Fsp3) is 0.143. The first kappa shape index (κ1) is 12.8. The van der Waals surface area contributed by atoms with E-state index in [2.05, 4.69) is 39.8 Å². The SMILES string of the molecule is CC(Nc1nc(NN)nc2ccsc12)c1ccccc1. The molecule has 0 aliphatic heterocycles. The van der Waals surface area contributed by atoms with Crippen LogP contribution in [0.15, 0.2) is 41.8 Å². The van der Waals surface area contributed by atoms with Crippen LogP contribution in [-0.4, -0.2) is 9.97 Å². The van der Waals surface area contributed by atoms with Crippen LogP contribution in [0, 0.1) is 0 Å². The van der Waals surface area contributed by atoms with E-state index in [9.17, 15) is 0 Å². The molecular formula is C14H15N5S. The van der Waals surface area contributed by atoms with Gasteiger partial charge in [0, 0.05) is 6.04 Å². The van der Waals surface area contributed by atoms with Crippen molar-refractivity contribution >= 4 is 33.3 Å². The van der Waals surface area contributed by atoms with Gasteiger partial charge in [0.25, 0.3) is 0 Å². The first-order valence-corrected chi connectivity index (χ1v) is 7.19. The normalized spacial score (nSPS) is 12.3. The summed E-state index contributed by atoms with van der Waals surface area (Å²) in [5.74, 6) is 6.64. The standard InChI is InChI=1S/C14H15N5S/c1-9(10-5-3-2-4-6-10)16-13-12-11(7-8-20-12)17-14(18-13)19-15/h2-9H,15H2,1H3,(H2,16,17,18,19). The Morgan fingerprint density at radius 2 is 1.95 bits per heavy atom.